The minimum atomic E-state index is 0.712. The summed E-state index contributed by atoms with van der Waals surface area (Å²) in [7, 11) is 0. The lowest BCUT2D eigenvalue weighted by atomic mass is 10.4. The van der Waals surface area contributed by atoms with Gasteiger partial charge in [-0.25, -0.2) is 0 Å². The maximum absolute atomic E-state index is 5.64. The Balaban J connectivity index is 1.82. The van der Waals surface area contributed by atoms with E-state index in [9.17, 15) is 0 Å². The standard InChI is InChI=1S/C15H16N2OS2/c1-2-12-11-18-15(16-12)17(9-13-5-3-7-19-13)10-14-6-4-8-20-14/h3-8,11H,2,9-10H2,1H3. The topological polar surface area (TPSA) is 29.3 Å². The Morgan fingerprint density at radius 1 is 1.10 bits per heavy atom. The Morgan fingerprint density at radius 2 is 1.75 bits per heavy atom. The highest BCUT2D eigenvalue weighted by atomic mass is 32.1. The van der Waals surface area contributed by atoms with E-state index in [1.807, 2.05) is 0 Å². The normalized spacial score (nSPS) is 10.8. The monoisotopic (exact) mass is 304 g/mol. The van der Waals surface area contributed by atoms with Crippen LogP contribution in [0.15, 0.2) is 45.7 Å². The number of anilines is 1. The third-order valence-electron chi connectivity index (χ3n) is 3.03. The predicted octanol–water partition coefficient (Wildman–Crippen LogP) is 4.57. The van der Waals surface area contributed by atoms with Gasteiger partial charge in [0.25, 0.3) is 6.01 Å². The van der Waals surface area contributed by atoms with Crippen LogP contribution in [0, 0.1) is 0 Å². The van der Waals surface area contributed by atoms with Crippen LogP contribution in [0.5, 0.6) is 0 Å². The first-order valence-electron chi connectivity index (χ1n) is 6.59. The summed E-state index contributed by atoms with van der Waals surface area (Å²) < 4.78 is 5.64. The van der Waals surface area contributed by atoms with Crippen molar-refractivity contribution < 1.29 is 4.42 Å². The minimum Gasteiger partial charge on any atom is -0.432 e. The molecule has 0 aliphatic heterocycles. The number of thiophene rings is 2. The lowest BCUT2D eigenvalue weighted by molar-refractivity contribution is 0.531. The van der Waals surface area contributed by atoms with Crippen LogP contribution in [0.25, 0.3) is 0 Å². The second kappa shape index (κ2) is 6.24. The van der Waals surface area contributed by atoms with Crippen molar-refractivity contribution in [1.82, 2.24) is 4.98 Å². The summed E-state index contributed by atoms with van der Waals surface area (Å²) in [4.78, 5) is 9.38. The van der Waals surface area contributed by atoms with Crippen molar-refractivity contribution in [2.45, 2.75) is 26.4 Å². The van der Waals surface area contributed by atoms with Gasteiger partial charge in [-0.15, -0.1) is 22.7 Å². The number of oxazole rings is 1. The predicted molar refractivity (Wildman–Crippen MR) is 84.4 cm³/mol. The molecule has 0 aliphatic carbocycles. The summed E-state index contributed by atoms with van der Waals surface area (Å²) in [6.45, 7) is 3.75. The molecule has 5 heteroatoms. The van der Waals surface area contributed by atoms with Crippen LogP contribution in [0.1, 0.15) is 22.4 Å². The molecule has 0 aromatic carbocycles. The molecule has 3 aromatic rings. The lowest BCUT2D eigenvalue weighted by Crippen LogP contribution is -2.21. The Kier molecular flexibility index (Phi) is 4.18. The van der Waals surface area contributed by atoms with E-state index in [4.69, 9.17) is 4.42 Å². The van der Waals surface area contributed by atoms with E-state index in [1.54, 1.807) is 28.9 Å². The van der Waals surface area contributed by atoms with Gasteiger partial charge in [-0.2, -0.15) is 4.98 Å². The third-order valence-corrected chi connectivity index (χ3v) is 4.75. The smallest absolute Gasteiger partial charge is 0.298 e. The highest BCUT2D eigenvalue weighted by molar-refractivity contribution is 7.10. The molecule has 0 amide bonds. The van der Waals surface area contributed by atoms with Crippen LogP contribution in [0.3, 0.4) is 0 Å². The maximum Gasteiger partial charge on any atom is 0.298 e. The molecule has 0 radical (unpaired) electrons. The summed E-state index contributed by atoms with van der Waals surface area (Å²) in [5.74, 6) is 0. The fourth-order valence-electron chi connectivity index (χ4n) is 1.98. The molecular formula is C15H16N2OS2. The molecule has 3 aromatic heterocycles. The zero-order chi connectivity index (χ0) is 13.8. The lowest BCUT2D eigenvalue weighted by Gasteiger charge is -2.19. The number of aryl methyl sites for hydroxylation is 1. The number of aromatic nitrogens is 1. The number of nitrogens with zero attached hydrogens (tertiary/aromatic N) is 2. The average Bonchev–Trinajstić information content (AvgIpc) is 3.20. The molecule has 3 heterocycles. The van der Waals surface area contributed by atoms with Gasteiger partial charge in [0.05, 0.1) is 18.8 Å². The molecule has 0 atom stereocenters. The molecule has 0 spiro atoms. The van der Waals surface area contributed by atoms with Gasteiger partial charge in [0.15, 0.2) is 0 Å². The van der Waals surface area contributed by atoms with Gasteiger partial charge in [-0.1, -0.05) is 19.1 Å². The van der Waals surface area contributed by atoms with Crippen molar-refractivity contribution in [3.63, 3.8) is 0 Å². The second-order valence-electron chi connectivity index (χ2n) is 4.49. The Labute approximate surface area is 126 Å². The van der Waals surface area contributed by atoms with Crippen molar-refractivity contribution in [3.8, 4) is 0 Å². The van der Waals surface area contributed by atoms with Gasteiger partial charge in [0.2, 0.25) is 0 Å². The first-order valence-corrected chi connectivity index (χ1v) is 8.35. The SMILES string of the molecule is CCc1coc(N(Cc2cccs2)Cc2cccs2)n1. The minimum absolute atomic E-state index is 0.712. The molecule has 0 aliphatic rings. The number of hydrogen-bond donors (Lipinski definition) is 0. The van der Waals surface area contributed by atoms with E-state index in [1.165, 1.54) is 9.75 Å². The molecule has 104 valence electrons. The molecule has 0 N–H and O–H groups in total. The number of hydrogen-bond acceptors (Lipinski definition) is 5. The van der Waals surface area contributed by atoms with Crippen LogP contribution in [0.4, 0.5) is 6.01 Å². The molecule has 3 nitrogen and oxygen atoms in total. The zero-order valence-corrected chi connectivity index (χ0v) is 12.9. The summed E-state index contributed by atoms with van der Waals surface area (Å²) in [6.07, 6.45) is 2.65. The maximum atomic E-state index is 5.64. The molecule has 0 saturated heterocycles. The van der Waals surface area contributed by atoms with Crippen molar-refractivity contribution >= 4 is 28.7 Å². The molecule has 0 saturated carbocycles. The van der Waals surface area contributed by atoms with Gasteiger partial charge in [0, 0.05) is 9.75 Å². The fourth-order valence-corrected chi connectivity index (χ4v) is 3.42. The zero-order valence-electron chi connectivity index (χ0n) is 11.3. The van der Waals surface area contributed by atoms with Gasteiger partial charge in [-0.3, -0.25) is 0 Å². The van der Waals surface area contributed by atoms with Gasteiger partial charge in [0.1, 0.15) is 6.26 Å². The molecule has 0 unspecified atom stereocenters. The van der Waals surface area contributed by atoms with E-state index >= 15 is 0 Å². The highest BCUT2D eigenvalue weighted by Gasteiger charge is 2.15. The van der Waals surface area contributed by atoms with Gasteiger partial charge < -0.3 is 9.32 Å². The second-order valence-corrected chi connectivity index (χ2v) is 6.55. The van der Waals surface area contributed by atoms with E-state index in [0.717, 1.165) is 25.2 Å². The van der Waals surface area contributed by atoms with E-state index in [2.05, 4.69) is 51.8 Å². The van der Waals surface area contributed by atoms with Crippen LogP contribution >= 0.6 is 22.7 Å². The molecule has 0 bridgehead atoms. The van der Waals surface area contributed by atoms with Crippen molar-refractivity contribution in [2.24, 2.45) is 0 Å². The molecule has 20 heavy (non-hydrogen) atoms. The first-order chi connectivity index (χ1) is 9.85. The third kappa shape index (κ3) is 3.11. The average molecular weight is 304 g/mol. The molecule has 0 fully saturated rings. The highest BCUT2D eigenvalue weighted by Crippen LogP contribution is 2.23. The first kappa shape index (κ1) is 13.4. The fraction of sp³-hybridized carbons (Fsp3) is 0.267. The van der Waals surface area contributed by atoms with Crippen LogP contribution in [0.2, 0.25) is 0 Å². The summed E-state index contributed by atoms with van der Waals surface area (Å²) in [6, 6.07) is 9.17. The Hall–Kier alpha value is -1.59. The largest absolute Gasteiger partial charge is 0.432 e. The van der Waals surface area contributed by atoms with E-state index < -0.39 is 0 Å². The summed E-state index contributed by atoms with van der Waals surface area (Å²) in [5, 5.41) is 4.21. The van der Waals surface area contributed by atoms with E-state index in [-0.39, 0.29) is 0 Å². The Bertz CT molecular complexity index is 592. The summed E-state index contributed by atoms with van der Waals surface area (Å²) in [5.41, 5.74) is 1.00. The van der Waals surface area contributed by atoms with Crippen LogP contribution in [-0.2, 0) is 19.5 Å². The quantitative estimate of drug-likeness (QED) is 0.668. The van der Waals surface area contributed by atoms with Crippen molar-refractivity contribution in [3.05, 3.63) is 56.7 Å². The van der Waals surface area contributed by atoms with Crippen molar-refractivity contribution in [1.29, 1.82) is 0 Å². The molecule has 3 rings (SSSR count). The summed E-state index contributed by atoms with van der Waals surface area (Å²) >= 11 is 3.53. The van der Waals surface area contributed by atoms with E-state index in [0.29, 0.717) is 6.01 Å². The van der Waals surface area contributed by atoms with Crippen LogP contribution in [-0.4, -0.2) is 4.98 Å². The van der Waals surface area contributed by atoms with Gasteiger partial charge >= 0.3 is 0 Å². The Morgan fingerprint density at radius 3 is 2.20 bits per heavy atom. The van der Waals surface area contributed by atoms with Crippen LogP contribution < -0.4 is 4.90 Å². The van der Waals surface area contributed by atoms with Gasteiger partial charge in [-0.05, 0) is 29.3 Å². The molecular weight excluding hydrogens is 288 g/mol. The number of rotatable bonds is 6. The van der Waals surface area contributed by atoms with Crippen molar-refractivity contribution in [2.75, 3.05) is 4.90 Å².